The van der Waals surface area contributed by atoms with Crippen LogP contribution in [0.3, 0.4) is 0 Å². The Labute approximate surface area is 175 Å². The molecule has 0 unspecified atom stereocenters. The molecule has 1 heterocycles. The van der Waals surface area contributed by atoms with E-state index in [1.807, 2.05) is 24.3 Å². The lowest BCUT2D eigenvalue weighted by atomic mass is 10.1. The molecule has 0 spiro atoms. The van der Waals surface area contributed by atoms with Crippen molar-refractivity contribution in [3.05, 3.63) is 94.2 Å². The molecule has 0 radical (unpaired) electrons. The van der Waals surface area contributed by atoms with E-state index in [-0.39, 0.29) is 11.3 Å². The number of hydrogen-bond acceptors (Lipinski definition) is 4. The lowest BCUT2D eigenvalue weighted by Gasteiger charge is -2.14. The predicted octanol–water partition coefficient (Wildman–Crippen LogP) is 4.97. The Balaban J connectivity index is 2.25. The van der Waals surface area contributed by atoms with E-state index in [2.05, 4.69) is 25.1 Å². The zero-order valence-electron chi connectivity index (χ0n) is 17.1. The van der Waals surface area contributed by atoms with Crippen molar-refractivity contribution >= 4 is 24.3 Å². The highest BCUT2D eigenvalue weighted by atomic mass is 16.5. The minimum atomic E-state index is -0.238. The van der Waals surface area contributed by atoms with Crippen molar-refractivity contribution in [1.29, 1.82) is 0 Å². The van der Waals surface area contributed by atoms with Crippen LogP contribution < -0.4 is 10.3 Å². The standard InChI is InChI=1S/C25H24N2O3/c1-5-17-10-8-12-19(16-17)27-23(26-21(7-3)20(6-2)25(27)29)15-14-18-11-9-13-22(30-4)24(18)28/h6-16,28H,2-3,5H2,1,4H3/b15-14+. The second-order valence-electron chi connectivity index (χ2n) is 6.57. The second-order valence-corrected chi connectivity index (χ2v) is 6.57. The molecule has 3 rings (SSSR count). The molecule has 2 aromatic carbocycles. The topological polar surface area (TPSA) is 64.3 Å². The third-order valence-electron chi connectivity index (χ3n) is 4.81. The summed E-state index contributed by atoms with van der Waals surface area (Å²) in [6.45, 7) is 9.58. The number of aryl methyl sites for hydroxylation is 1. The lowest BCUT2D eigenvalue weighted by molar-refractivity contribution is 0.373. The molecule has 0 aliphatic heterocycles. The predicted molar refractivity (Wildman–Crippen MR) is 123 cm³/mol. The van der Waals surface area contributed by atoms with E-state index >= 15 is 0 Å². The van der Waals surface area contributed by atoms with Crippen LogP contribution in [0.2, 0.25) is 0 Å². The number of para-hydroxylation sites is 1. The highest BCUT2D eigenvalue weighted by Crippen LogP contribution is 2.30. The summed E-state index contributed by atoms with van der Waals surface area (Å²) >= 11 is 0. The van der Waals surface area contributed by atoms with Crippen LogP contribution in [0.25, 0.3) is 30.0 Å². The second kappa shape index (κ2) is 9.09. The average molecular weight is 400 g/mol. The molecule has 30 heavy (non-hydrogen) atoms. The van der Waals surface area contributed by atoms with Gasteiger partial charge in [-0.3, -0.25) is 9.36 Å². The number of phenols is 1. The van der Waals surface area contributed by atoms with Crippen molar-refractivity contribution in [1.82, 2.24) is 9.55 Å². The first-order valence-corrected chi connectivity index (χ1v) is 9.59. The molecule has 0 saturated carbocycles. The van der Waals surface area contributed by atoms with Gasteiger partial charge in [0.2, 0.25) is 0 Å². The number of aromatic hydroxyl groups is 1. The Bertz CT molecular complexity index is 1190. The zero-order valence-corrected chi connectivity index (χ0v) is 17.1. The molecule has 0 atom stereocenters. The number of nitrogens with zero attached hydrogens (tertiary/aromatic N) is 2. The molecule has 0 aliphatic rings. The zero-order chi connectivity index (χ0) is 21.7. The van der Waals surface area contributed by atoms with E-state index in [1.165, 1.54) is 23.8 Å². The monoisotopic (exact) mass is 400 g/mol. The molecule has 0 aliphatic carbocycles. The largest absolute Gasteiger partial charge is 0.504 e. The number of hydrogen-bond donors (Lipinski definition) is 1. The van der Waals surface area contributed by atoms with E-state index < -0.39 is 0 Å². The van der Waals surface area contributed by atoms with Gasteiger partial charge in [-0.05, 0) is 48.4 Å². The first-order chi connectivity index (χ1) is 14.5. The van der Waals surface area contributed by atoms with Crippen molar-refractivity contribution in [2.45, 2.75) is 13.3 Å². The molecule has 0 amide bonds. The molecule has 3 aromatic rings. The number of aromatic nitrogens is 2. The number of ether oxygens (including phenoxy) is 1. The quantitative estimate of drug-likeness (QED) is 0.608. The van der Waals surface area contributed by atoms with Crippen LogP contribution >= 0.6 is 0 Å². The molecule has 1 N–H and O–H groups in total. The van der Waals surface area contributed by atoms with Crippen molar-refractivity contribution in [2.24, 2.45) is 0 Å². The SMILES string of the molecule is C=Cc1nc(/C=C/c2cccc(OC)c2O)n(-c2cccc(CC)c2)c(=O)c1C=C. The van der Waals surface area contributed by atoms with Gasteiger partial charge in [0.25, 0.3) is 5.56 Å². The Morgan fingerprint density at radius 2 is 1.90 bits per heavy atom. The fourth-order valence-corrected chi connectivity index (χ4v) is 3.19. The van der Waals surface area contributed by atoms with Crippen molar-refractivity contribution in [3.63, 3.8) is 0 Å². The van der Waals surface area contributed by atoms with E-state index in [0.29, 0.717) is 34.1 Å². The van der Waals surface area contributed by atoms with Gasteiger partial charge < -0.3 is 9.84 Å². The highest BCUT2D eigenvalue weighted by Gasteiger charge is 2.14. The van der Waals surface area contributed by atoms with Gasteiger partial charge in [0, 0.05) is 5.56 Å². The fourth-order valence-electron chi connectivity index (χ4n) is 3.19. The summed E-state index contributed by atoms with van der Waals surface area (Å²) in [5, 5.41) is 10.4. The van der Waals surface area contributed by atoms with Crippen molar-refractivity contribution in [3.8, 4) is 17.2 Å². The summed E-state index contributed by atoms with van der Waals surface area (Å²) in [6, 6.07) is 13.0. The minimum Gasteiger partial charge on any atom is -0.504 e. The first kappa shape index (κ1) is 20.9. The Morgan fingerprint density at radius 1 is 1.13 bits per heavy atom. The summed E-state index contributed by atoms with van der Waals surface area (Å²) in [4.78, 5) is 17.9. The molecular formula is C25H24N2O3. The van der Waals surface area contributed by atoms with Crippen LogP contribution in [0.4, 0.5) is 0 Å². The Kier molecular flexibility index (Phi) is 6.32. The Morgan fingerprint density at radius 3 is 2.57 bits per heavy atom. The summed E-state index contributed by atoms with van der Waals surface area (Å²) in [7, 11) is 1.49. The van der Waals surface area contributed by atoms with Crippen molar-refractivity contribution < 1.29 is 9.84 Å². The van der Waals surface area contributed by atoms with Crippen LogP contribution in [0.1, 0.15) is 35.1 Å². The van der Waals surface area contributed by atoms with Gasteiger partial charge in [-0.2, -0.15) is 0 Å². The van der Waals surface area contributed by atoms with Gasteiger partial charge in [0.1, 0.15) is 5.82 Å². The van der Waals surface area contributed by atoms with Crippen LogP contribution in [0, 0.1) is 0 Å². The van der Waals surface area contributed by atoms with E-state index in [1.54, 1.807) is 30.4 Å². The molecule has 0 fully saturated rings. The summed E-state index contributed by atoms with van der Waals surface area (Å²) < 4.78 is 6.70. The summed E-state index contributed by atoms with van der Waals surface area (Å²) in [5.41, 5.74) is 2.96. The normalized spacial score (nSPS) is 10.9. The molecule has 0 bridgehead atoms. The van der Waals surface area contributed by atoms with E-state index in [4.69, 9.17) is 4.74 Å². The molecule has 152 valence electrons. The average Bonchev–Trinajstić information content (AvgIpc) is 2.77. The third-order valence-corrected chi connectivity index (χ3v) is 4.81. The third kappa shape index (κ3) is 3.96. The van der Waals surface area contributed by atoms with Gasteiger partial charge in [-0.1, -0.05) is 50.4 Å². The van der Waals surface area contributed by atoms with Crippen LogP contribution in [-0.4, -0.2) is 21.8 Å². The van der Waals surface area contributed by atoms with Gasteiger partial charge in [-0.25, -0.2) is 4.98 Å². The molecule has 5 nitrogen and oxygen atoms in total. The maximum absolute atomic E-state index is 13.3. The number of methoxy groups -OCH3 is 1. The molecule has 1 aromatic heterocycles. The number of benzene rings is 2. The van der Waals surface area contributed by atoms with E-state index in [0.717, 1.165) is 12.0 Å². The molecule has 5 heteroatoms. The maximum atomic E-state index is 13.3. The Hall–Kier alpha value is -3.86. The minimum absolute atomic E-state index is 0.0183. The number of rotatable bonds is 7. The lowest BCUT2D eigenvalue weighted by Crippen LogP contribution is -2.25. The van der Waals surface area contributed by atoms with Gasteiger partial charge in [0.15, 0.2) is 11.5 Å². The fraction of sp³-hybridized carbons (Fsp3) is 0.120. The van der Waals surface area contributed by atoms with Gasteiger partial charge in [0.05, 0.1) is 24.1 Å². The first-order valence-electron chi connectivity index (χ1n) is 9.59. The van der Waals surface area contributed by atoms with Gasteiger partial charge >= 0.3 is 0 Å². The van der Waals surface area contributed by atoms with Crippen LogP contribution in [-0.2, 0) is 6.42 Å². The number of phenolic OH excluding ortho intramolecular Hbond substituents is 1. The summed E-state index contributed by atoms with van der Waals surface area (Å²) in [6.07, 6.45) is 7.26. The highest BCUT2D eigenvalue weighted by molar-refractivity contribution is 5.73. The molecule has 0 saturated heterocycles. The van der Waals surface area contributed by atoms with Crippen molar-refractivity contribution in [2.75, 3.05) is 7.11 Å². The summed E-state index contributed by atoms with van der Waals surface area (Å²) in [5.74, 6) is 0.799. The van der Waals surface area contributed by atoms with Crippen LogP contribution in [0.5, 0.6) is 11.5 Å². The smallest absolute Gasteiger partial charge is 0.266 e. The van der Waals surface area contributed by atoms with Gasteiger partial charge in [-0.15, -0.1) is 0 Å². The maximum Gasteiger partial charge on any atom is 0.266 e. The molecular weight excluding hydrogens is 376 g/mol. The van der Waals surface area contributed by atoms with E-state index in [9.17, 15) is 9.90 Å². The van der Waals surface area contributed by atoms with Crippen LogP contribution in [0.15, 0.2) is 60.4 Å².